The zero-order chi connectivity index (χ0) is 12.7. The SMILES string of the molecule is CNC(C)(CCOCC1CCCC1)C(=O)OC. The summed E-state index contributed by atoms with van der Waals surface area (Å²) in [4.78, 5) is 11.6. The summed E-state index contributed by atoms with van der Waals surface area (Å²) < 4.78 is 10.4. The van der Waals surface area contributed by atoms with Crippen LogP contribution in [0.1, 0.15) is 39.0 Å². The first-order chi connectivity index (χ1) is 8.12. The number of nitrogens with one attached hydrogen (secondary N) is 1. The van der Waals surface area contributed by atoms with Crippen LogP contribution in [0, 0.1) is 5.92 Å². The van der Waals surface area contributed by atoms with Crippen molar-refractivity contribution in [3.05, 3.63) is 0 Å². The van der Waals surface area contributed by atoms with E-state index in [1.165, 1.54) is 32.8 Å². The molecule has 0 radical (unpaired) electrons. The quantitative estimate of drug-likeness (QED) is 0.546. The zero-order valence-electron chi connectivity index (χ0n) is 11.3. The minimum atomic E-state index is -0.634. The molecule has 4 heteroatoms. The molecule has 0 aromatic rings. The molecule has 1 aliphatic carbocycles. The molecule has 0 bridgehead atoms. The van der Waals surface area contributed by atoms with Gasteiger partial charge in [0, 0.05) is 13.2 Å². The van der Waals surface area contributed by atoms with Crippen LogP contribution in [0.3, 0.4) is 0 Å². The van der Waals surface area contributed by atoms with Crippen molar-refractivity contribution in [3.8, 4) is 0 Å². The monoisotopic (exact) mass is 243 g/mol. The molecular formula is C13H25NO3. The van der Waals surface area contributed by atoms with Crippen LogP contribution < -0.4 is 5.32 Å². The normalized spacial score (nSPS) is 20.2. The average molecular weight is 243 g/mol. The van der Waals surface area contributed by atoms with Crippen LogP contribution >= 0.6 is 0 Å². The molecule has 4 nitrogen and oxygen atoms in total. The molecule has 1 N–H and O–H groups in total. The van der Waals surface area contributed by atoms with Gasteiger partial charge >= 0.3 is 5.97 Å². The van der Waals surface area contributed by atoms with Gasteiger partial charge in [-0.15, -0.1) is 0 Å². The van der Waals surface area contributed by atoms with Gasteiger partial charge in [0.1, 0.15) is 5.54 Å². The lowest BCUT2D eigenvalue weighted by atomic mass is 9.99. The van der Waals surface area contributed by atoms with Crippen molar-refractivity contribution >= 4 is 5.97 Å². The number of likely N-dealkylation sites (N-methyl/N-ethyl adjacent to an activating group) is 1. The summed E-state index contributed by atoms with van der Waals surface area (Å²) in [6.07, 6.45) is 5.90. The summed E-state index contributed by atoms with van der Waals surface area (Å²) in [6.45, 7) is 3.28. The minimum Gasteiger partial charge on any atom is -0.468 e. The van der Waals surface area contributed by atoms with Crippen LogP contribution in [0.2, 0.25) is 0 Å². The van der Waals surface area contributed by atoms with E-state index in [1.54, 1.807) is 7.05 Å². The second-order valence-electron chi connectivity index (χ2n) is 5.05. The second-order valence-corrected chi connectivity index (χ2v) is 5.05. The molecule has 0 aliphatic heterocycles. The Hall–Kier alpha value is -0.610. The smallest absolute Gasteiger partial charge is 0.325 e. The molecule has 1 saturated carbocycles. The highest BCUT2D eigenvalue weighted by atomic mass is 16.5. The lowest BCUT2D eigenvalue weighted by molar-refractivity contribution is -0.148. The molecule has 0 aromatic heterocycles. The highest BCUT2D eigenvalue weighted by molar-refractivity contribution is 5.80. The van der Waals surface area contributed by atoms with E-state index in [2.05, 4.69) is 5.32 Å². The van der Waals surface area contributed by atoms with Gasteiger partial charge in [0.15, 0.2) is 0 Å². The third kappa shape index (κ3) is 4.28. The van der Waals surface area contributed by atoms with Crippen molar-refractivity contribution in [3.63, 3.8) is 0 Å². The van der Waals surface area contributed by atoms with E-state index < -0.39 is 5.54 Å². The van der Waals surface area contributed by atoms with E-state index in [-0.39, 0.29) is 5.97 Å². The van der Waals surface area contributed by atoms with Gasteiger partial charge < -0.3 is 14.8 Å². The summed E-state index contributed by atoms with van der Waals surface area (Å²) in [5.41, 5.74) is -0.634. The van der Waals surface area contributed by atoms with Gasteiger partial charge in [-0.2, -0.15) is 0 Å². The van der Waals surface area contributed by atoms with Crippen molar-refractivity contribution in [1.29, 1.82) is 0 Å². The Balaban J connectivity index is 2.20. The maximum atomic E-state index is 11.6. The summed E-state index contributed by atoms with van der Waals surface area (Å²) >= 11 is 0. The fourth-order valence-corrected chi connectivity index (χ4v) is 2.26. The number of methoxy groups -OCH3 is 1. The average Bonchev–Trinajstić information content (AvgIpc) is 2.86. The number of carbonyl (C=O) groups is 1. The number of rotatable bonds is 7. The number of carbonyl (C=O) groups excluding carboxylic acids is 1. The molecule has 1 aliphatic rings. The molecule has 1 fully saturated rings. The first-order valence-electron chi connectivity index (χ1n) is 6.47. The summed E-state index contributed by atoms with van der Waals surface area (Å²) in [5, 5.41) is 3.00. The molecule has 0 heterocycles. The minimum absolute atomic E-state index is 0.232. The molecule has 0 spiro atoms. The van der Waals surface area contributed by atoms with Gasteiger partial charge in [-0.1, -0.05) is 12.8 Å². The molecule has 1 atom stereocenters. The highest BCUT2D eigenvalue weighted by Gasteiger charge is 2.32. The Morgan fingerprint density at radius 1 is 1.41 bits per heavy atom. The lowest BCUT2D eigenvalue weighted by Crippen LogP contribution is -2.49. The number of hydrogen-bond acceptors (Lipinski definition) is 4. The summed E-state index contributed by atoms with van der Waals surface area (Å²) in [6, 6.07) is 0. The Morgan fingerprint density at radius 2 is 2.06 bits per heavy atom. The van der Waals surface area contributed by atoms with Gasteiger partial charge in [-0.05, 0) is 39.2 Å². The van der Waals surface area contributed by atoms with Gasteiger partial charge in [0.25, 0.3) is 0 Å². The number of hydrogen-bond donors (Lipinski definition) is 1. The third-order valence-corrected chi connectivity index (χ3v) is 3.76. The summed E-state index contributed by atoms with van der Waals surface area (Å²) in [5.74, 6) is 0.499. The molecule has 1 rings (SSSR count). The number of esters is 1. The maximum Gasteiger partial charge on any atom is 0.325 e. The third-order valence-electron chi connectivity index (χ3n) is 3.76. The van der Waals surface area contributed by atoms with E-state index in [4.69, 9.17) is 9.47 Å². The molecule has 17 heavy (non-hydrogen) atoms. The predicted molar refractivity (Wildman–Crippen MR) is 66.9 cm³/mol. The Morgan fingerprint density at radius 3 is 2.59 bits per heavy atom. The van der Waals surface area contributed by atoms with Crippen LogP contribution in [0.4, 0.5) is 0 Å². The fourth-order valence-electron chi connectivity index (χ4n) is 2.26. The van der Waals surface area contributed by atoms with Crippen LogP contribution in [0.5, 0.6) is 0 Å². The molecule has 1 unspecified atom stereocenters. The van der Waals surface area contributed by atoms with Gasteiger partial charge in [0.05, 0.1) is 7.11 Å². The Bertz CT molecular complexity index is 239. The van der Waals surface area contributed by atoms with Crippen molar-refractivity contribution in [2.45, 2.75) is 44.6 Å². The van der Waals surface area contributed by atoms with Crippen LogP contribution in [0.25, 0.3) is 0 Å². The van der Waals surface area contributed by atoms with E-state index in [0.717, 1.165) is 12.5 Å². The number of ether oxygens (including phenoxy) is 2. The summed E-state index contributed by atoms with van der Waals surface area (Å²) in [7, 11) is 3.19. The predicted octanol–water partition coefficient (Wildman–Crippen LogP) is 1.73. The van der Waals surface area contributed by atoms with Crippen molar-refractivity contribution < 1.29 is 14.3 Å². The first-order valence-corrected chi connectivity index (χ1v) is 6.47. The van der Waals surface area contributed by atoms with Crippen LogP contribution in [-0.4, -0.2) is 38.9 Å². The molecule has 100 valence electrons. The van der Waals surface area contributed by atoms with E-state index in [1.807, 2.05) is 6.92 Å². The van der Waals surface area contributed by atoms with E-state index in [9.17, 15) is 4.79 Å². The molecule has 0 amide bonds. The molecule has 0 aromatic carbocycles. The maximum absolute atomic E-state index is 11.6. The van der Waals surface area contributed by atoms with Gasteiger partial charge in [-0.25, -0.2) is 0 Å². The van der Waals surface area contributed by atoms with Crippen LogP contribution in [0.15, 0.2) is 0 Å². The largest absolute Gasteiger partial charge is 0.468 e. The van der Waals surface area contributed by atoms with Crippen molar-refractivity contribution in [1.82, 2.24) is 5.32 Å². The van der Waals surface area contributed by atoms with Crippen molar-refractivity contribution in [2.75, 3.05) is 27.4 Å². The van der Waals surface area contributed by atoms with Gasteiger partial charge in [-0.3, -0.25) is 4.79 Å². The Labute approximate surface area is 104 Å². The Kier molecular flexibility index (Phi) is 5.92. The van der Waals surface area contributed by atoms with E-state index >= 15 is 0 Å². The van der Waals surface area contributed by atoms with Crippen molar-refractivity contribution in [2.24, 2.45) is 5.92 Å². The zero-order valence-corrected chi connectivity index (χ0v) is 11.3. The second kappa shape index (κ2) is 6.97. The highest BCUT2D eigenvalue weighted by Crippen LogP contribution is 2.24. The standard InChI is InChI=1S/C13H25NO3/c1-13(14-2,12(15)16-3)8-9-17-10-11-6-4-5-7-11/h11,14H,4-10H2,1-3H3. The fraction of sp³-hybridized carbons (Fsp3) is 0.923. The molecule has 0 saturated heterocycles. The first kappa shape index (κ1) is 14.5. The van der Waals surface area contributed by atoms with Crippen LogP contribution in [-0.2, 0) is 14.3 Å². The molecular weight excluding hydrogens is 218 g/mol. The van der Waals surface area contributed by atoms with E-state index in [0.29, 0.717) is 13.0 Å². The lowest BCUT2D eigenvalue weighted by Gasteiger charge is -2.26. The van der Waals surface area contributed by atoms with Gasteiger partial charge in [0.2, 0.25) is 0 Å². The topological polar surface area (TPSA) is 47.6 Å².